The van der Waals surface area contributed by atoms with Gasteiger partial charge in [0.25, 0.3) is 39.7 Å². The van der Waals surface area contributed by atoms with E-state index in [0.717, 1.165) is 0 Å². The first-order chi connectivity index (χ1) is 11.9. The van der Waals surface area contributed by atoms with Crippen LogP contribution in [0.1, 0.15) is 20.3 Å². The predicted octanol–water partition coefficient (Wildman–Crippen LogP) is 1.59. The maximum Gasteiger partial charge on any atom is 0.317 e. The summed E-state index contributed by atoms with van der Waals surface area (Å²) in [6, 6.07) is 0.660. The molecule has 0 aromatic carbocycles. The van der Waals surface area contributed by atoms with Crippen LogP contribution in [-0.4, -0.2) is 59.7 Å². The zero-order valence-corrected chi connectivity index (χ0v) is 21.1. The lowest BCUT2D eigenvalue weighted by Gasteiger charge is -2.37. The first-order valence-electron chi connectivity index (χ1n) is 8.79. The van der Waals surface area contributed by atoms with Gasteiger partial charge in [-0.15, -0.1) is 0 Å². The quantitative estimate of drug-likeness (QED) is 0.468. The van der Waals surface area contributed by atoms with Crippen molar-refractivity contribution in [1.29, 1.82) is 0 Å². The summed E-state index contributed by atoms with van der Waals surface area (Å²) in [5.74, 6) is -0.748. The van der Waals surface area contributed by atoms with Crippen LogP contribution in [0.2, 0.25) is 32.2 Å². The molecule has 2 unspecified atom stereocenters. The Kier molecular flexibility index (Phi) is 9.02. The largest absolute Gasteiger partial charge is 0.420 e. The number of hydrogen-bond donors (Lipinski definition) is 0. The third-order valence-electron chi connectivity index (χ3n) is 3.83. The van der Waals surface area contributed by atoms with Gasteiger partial charge in [0.05, 0.1) is 0 Å². The summed E-state index contributed by atoms with van der Waals surface area (Å²) in [7, 11) is -7.72. The molecule has 148 valence electrons. The first kappa shape index (κ1) is 23.4. The molecule has 0 radical (unpaired) electrons. The van der Waals surface area contributed by atoms with Crippen molar-refractivity contribution < 1.29 is 26.0 Å². The fraction of sp³-hybridized carbons (Fsp3) is 0.600. The van der Waals surface area contributed by atoms with E-state index >= 15 is 0 Å². The van der Waals surface area contributed by atoms with E-state index in [-0.39, 0.29) is 18.4 Å². The van der Waals surface area contributed by atoms with Gasteiger partial charge in [0.2, 0.25) is 0 Å². The summed E-state index contributed by atoms with van der Waals surface area (Å²) in [6.45, 7) is 18.7. The molecule has 1 fully saturated rings. The molecule has 0 aliphatic carbocycles. The Morgan fingerprint density at radius 3 is 1.73 bits per heavy atom. The number of carbonyl (C=O) groups is 2. The molecule has 0 aromatic rings. The van der Waals surface area contributed by atoms with Gasteiger partial charge in [-0.3, -0.25) is 14.5 Å². The molecule has 0 bridgehead atoms. The highest BCUT2D eigenvalue weighted by atomic mass is 28.5. The average molecular weight is 434 g/mol. The number of hydrogen-bond acceptors (Lipinski definition) is 6. The minimum Gasteiger partial charge on any atom is -0.420 e. The van der Waals surface area contributed by atoms with Gasteiger partial charge in [-0.1, -0.05) is 13.2 Å². The standard InChI is InChI=1S/C15H31NO6Si4/c1-12(2)14(17)16(15(18)13(3)4)10-9-11-26(8)21-24(6)19-23(5)20-25(7)22-26/h23-25H,1,3,9-11H2,2,4-8H3. The van der Waals surface area contributed by atoms with Gasteiger partial charge >= 0.3 is 8.56 Å². The number of nitrogens with zero attached hydrogens (tertiary/aromatic N) is 1. The zero-order chi connectivity index (χ0) is 20.1. The van der Waals surface area contributed by atoms with Gasteiger partial charge in [0, 0.05) is 17.7 Å². The second-order valence-electron chi connectivity index (χ2n) is 6.77. The van der Waals surface area contributed by atoms with E-state index in [2.05, 4.69) is 13.2 Å². The Labute approximate surface area is 162 Å². The minimum absolute atomic E-state index is 0.283. The SMILES string of the molecule is C=C(C)C(=O)N(CCC[Si]1(C)O[SiH](C)O[SiH](C)O[SiH](C)O1)C(=O)C(=C)C. The molecule has 0 aromatic heterocycles. The van der Waals surface area contributed by atoms with Gasteiger partial charge in [-0.25, -0.2) is 0 Å². The molecule has 2 amide bonds. The molecule has 26 heavy (non-hydrogen) atoms. The average Bonchev–Trinajstić information content (AvgIpc) is 2.47. The third kappa shape index (κ3) is 7.15. The normalized spacial score (nSPS) is 29.4. The van der Waals surface area contributed by atoms with Crippen molar-refractivity contribution in [1.82, 2.24) is 4.90 Å². The number of imide groups is 1. The molecule has 0 saturated carbocycles. The Morgan fingerprint density at radius 2 is 1.35 bits per heavy atom. The zero-order valence-electron chi connectivity index (χ0n) is 16.7. The lowest BCUT2D eigenvalue weighted by Crippen LogP contribution is -2.53. The summed E-state index contributed by atoms with van der Waals surface area (Å²) in [4.78, 5) is 25.8. The number of carbonyl (C=O) groups excluding carboxylic acids is 2. The van der Waals surface area contributed by atoms with Gasteiger partial charge in [0.1, 0.15) is 0 Å². The fourth-order valence-electron chi connectivity index (χ4n) is 2.79. The maximum atomic E-state index is 12.3. The molecule has 7 nitrogen and oxygen atoms in total. The summed E-state index contributed by atoms with van der Waals surface area (Å²) in [5.41, 5.74) is 0.647. The van der Waals surface area contributed by atoms with Crippen molar-refractivity contribution in [3.63, 3.8) is 0 Å². The lowest BCUT2D eigenvalue weighted by atomic mass is 10.2. The minimum atomic E-state index is -2.46. The van der Waals surface area contributed by atoms with E-state index in [1.165, 1.54) is 4.90 Å². The molecule has 1 aliphatic rings. The van der Waals surface area contributed by atoms with E-state index in [4.69, 9.17) is 16.5 Å². The van der Waals surface area contributed by atoms with E-state index in [0.29, 0.717) is 23.6 Å². The Hall–Kier alpha value is -0.672. The van der Waals surface area contributed by atoms with E-state index in [1.807, 2.05) is 26.2 Å². The van der Waals surface area contributed by atoms with Gasteiger partial charge in [-0.2, -0.15) is 0 Å². The predicted molar refractivity (Wildman–Crippen MR) is 111 cm³/mol. The molecular weight excluding hydrogens is 403 g/mol. The Balaban J connectivity index is 2.77. The number of rotatable bonds is 6. The van der Waals surface area contributed by atoms with Gasteiger partial charge in [-0.05, 0) is 52.5 Å². The van der Waals surface area contributed by atoms with Gasteiger partial charge in [0.15, 0.2) is 0 Å². The molecule has 0 spiro atoms. The van der Waals surface area contributed by atoms with Crippen LogP contribution < -0.4 is 0 Å². The van der Waals surface area contributed by atoms with Crippen LogP contribution in [0.25, 0.3) is 0 Å². The van der Waals surface area contributed by atoms with Crippen molar-refractivity contribution in [2.75, 3.05) is 6.54 Å². The molecule has 2 atom stereocenters. The highest BCUT2D eigenvalue weighted by Gasteiger charge is 2.39. The smallest absolute Gasteiger partial charge is 0.317 e. The lowest BCUT2D eigenvalue weighted by molar-refractivity contribution is -0.140. The summed E-state index contributed by atoms with van der Waals surface area (Å²) >= 11 is 0. The van der Waals surface area contributed by atoms with Crippen molar-refractivity contribution >= 4 is 48.2 Å². The van der Waals surface area contributed by atoms with Crippen molar-refractivity contribution in [2.45, 2.75) is 52.5 Å². The molecule has 1 aliphatic heterocycles. The van der Waals surface area contributed by atoms with E-state index in [9.17, 15) is 9.59 Å². The monoisotopic (exact) mass is 433 g/mol. The van der Waals surface area contributed by atoms with E-state index in [1.54, 1.807) is 13.8 Å². The van der Waals surface area contributed by atoms with Crippen molar-refractivity contribution in [2.24, 2.45) is 0 Å². The van der Waals surface area contributed by atoms with Crippen LogP contribution in [0.15, 0.2) is 24.3 Å². The van der Waals surface area contributed by atoms with Crippen LogP contribution in [0.4, 0.5) is 0 Å². The molecule has 0 N–H and O–H groups in total. The third-order valence-corrected chi connectivity index (χ3v) is 17.9. The fourth-order valence-corrected chi connectivity index (χ4v) is 17.5. The topological polar surface area (TPSA) is 74.3 Å². The van der Waals surface area contributed by atoms with Crippen LogP contribution in [0, 0.1) is 0 Å². The van der Waals surface area contributed by atoms with Gasteiger partial charge < -0.3 is 16.5 Å². The van der Waals surface area contributed by atoms with Crippen LogP contribution in [-0.2, 0) is 26.0 Å². The highest BCUT2D eigenvalue weighted by Crippen LogP contribution is 2.22. The highest BCUT2D eigenvalue weighted by molar-refractivity contribution is 6.81. The second kappa shape index (κ2) is 10.0. The molecule has 1 saturated heterocycles. The summed E-state index contributed by atoms with van der Waals surface area (Å²) in [6.07, 6.45) is 0.593. The Morgan fingerprint density at radius 1 is 0.923 bits per heavy atom. The second-order valence-corrected chi connectivity index (χ2v) is 17.0. The summed E-state index contributed by atoms with van der Waals surface area (Å²) < 4.78 is 24.2. The first-order valence-corrected chi connectivity index (χ1v) is 17.6. The van der Waals surface area contributed by atoms with E-state index < -0.39 is 36.4 Å². The van der Waals surface area contributed by atoms with Crippen molar-refractivity contribution in [3.05, 3.63) is 24.3 Å². The molecular formula is C15H31NO6Si4. The number of amides is 2. The van der Waals surface area contributed by atoms with Crippen LogP contribution in [0.5, 0.6) is 0 Å². The van der Waals surface area contributed by atoms with Crippen LogP contribution >= 0.6 is 0 Å². The molecule has 1 rings (SSSR count). The Bertz CT molecular complexity index is 532. The maximum absolute atomic E-state index is 12.3. The van der Waals surface area contributed by atoms with Crippen molar-refractivity contribution in [3.8, 4) is 0 Å². The molecule has 11 heteroatoms. The van der Waals surface area contributed by atoms with Crippen LogP contribution in [0.3, 0.4) is 0 Å². The summed E-state index contributed by atoms with van der Waals surface area (Å²) in [5, 5.41) is 0. The molecule has 1 heterocycles.